The molecule has 2 unspecified atom stereocenters. The van der Waals surface area contributed by atoms with Crippen LogP contribution < -0.4 is 9.47 Å². The Bertz CT molecular complexity index is 724. The van der Waals surface area contributed by atoms with Gasteiger partial charge in [-0.3, -0.25) is 0 Å². The molecular formula is C23H30O2S. The van der Waals surface area contributed by atoms with Crippen molar-refractivity contribution < 1.29 is 9.47 Å². The average Bonchev–Trinajstić information content (AvgIpc) is 2.65. The average molecular weight is 371 g/mol. The van der Waals surface area contributed by atoms with Crippen molar-refractivity contribution in [2.75, 3.05) is 13.7 Å². The van der Waals surface area contributed by atoms with Gasteiger partial charge in [-0.2, -0.15) is 11.8 Å². The summed E-state index contributed by atoms with van der Waals surface area (Å²) < 4.78 is 11.3. The van der Waals surface area contributed by atoms with Crippen molar-refractivity contribution in [3.63, 3.8) is 0 Å². The maximum atomic E-state index is 5.73. The van der Waals surface area contributed by atoms with Gasteiger partial charge in [0.1, 0.15) is 11.5 Å². The maximum Gasteiger partial charge on any atom is 0.123 e. The summed E-state index contributed by atoms with van der Waals surface area (Å²) in [4.78, 5) is 0. The molecule has 2 aromatic rings. The summed E-state index contributed by atoms with van der Waals surface area (Å²) in [6, 6.07) is 13.1. The molecule has 1 aliphatic rings. The lowest BCUT2D eigenvalue weighted by atomic mass is 9.94. The van der Waals surface area contributed by atoms with Crippen molar-refractivity contribution in [2.24, 2.45) is 0 Å². The largest absolute Gasteiger partial charge is 0.496 e. The first-order valence-electron chi connectivity index (χ1n) is 9.65. The van der Waals surface area contributed by atoms with Gasteiger partial charge in [0.15, 0.2) is 0 Å². The molecule has 0 aromatic heterocycles. The van der Waals surface area contributed by atoms with Crippen molar-refractivity contribution in [1.82, 2.24) is 0 Å². The van der Waals surface area contributed by atoms with E-state index in [4.69, 9.17) is 9.47 Å². The third-order valence-corrected chi connectivity index (χ3v) is 6.66. The fourth-order valence-electron chi connectivity index (χ4n) is 3.69. The van der Waals surface area contributed by atoms with Crippen LogP contribution in [0.3, 0.4) is 0 Å². The molecule has 0 aliphatic carbocycles. The van der Waals surface area contributed by atoms with Crippen LogP contribution in [0.5, 0.6) is 11.5 Å². The van der Waals surface area contributed by atoms with Gasteiger partial charge in [-0.15, -0.1) is 0 Å². The monoisotopic (exact) mass is 370 g/mol. The molecule has 0 spiro atoms. The summed E-state index contributed by atoms with van der Waals surface area (Å²) in [5, 5.41) is 1.28. The second-order valence-corrected chi connectivity index (χ2v) is 8.79. The van der Waals surface area contributed by atoms with Crippen LogP contribution in [0.4, 0.5) is 0 Å². The predicted octanol–water partition coefficient (Wildman–Crippen LogP) is 6.34. The Morgan fingerprint density at radius 3 is 2.54 bits per heavy atom. The Kier molecular flexibility index (Phi) is 6.53. The zero-order valence-corrected chi connectivity index (χ0v) is 17.2. The molecule has 1 saturated heterocycles. The summed E-state index contributed by atoms with van der Waals surface area (Å²) >= 11 is 2.10. The molecule has 2 atom stereocenters. The number of rotatable bonds is 6. The van der Waals surface area contributed by atoms with E-state index < -0.39 is 0 Å². The van der Waals surface area contributed by atoms with E-state index in [-0.39, 0.29) is 0 Å². The number of hydrogen-bond donors (Lipinski definition) is 0. The molecule has 0 N–H and O–H groups in total. The molecule has 3 heteroatoms. The van der Waals surface area contributed by atoms with Gasteiger partial charge in [0.25, 0.3) is 0 Å². The first-order chi connectivity index (χ1) is 12.6. The van der Waals surface area contributed by atoms with Gasteiger partial charge in [0.05, 0.1) is 13.7 Å². The van der Waals surface area contributed by atoms with Gasteiger partial charge in [0.2, 0.25) is 0 Å². The fraction of sp³-hybridized carbons (Fsp3) is 0.478. The van der Waals surface area contributed by atoms with E-state index in [1.807, 2.05) is 6.92 Å². The molecule has 0 bridgehead atoms. The minimum Gasteiger partial charge on any atom is -0.496 e. The summed E-state index contributed by atoms with van der Waals surface area (Å²) in [6.45, 7) is 7.25. The van der Waals surface area contributed by atoms with Gasteiger partial charge < -0.3 is 9.47 Å². The van der Waals surface area contributed by atoms with Crippen molar-refractivity contribution in [3.05, 3.63) is 58.7 Å². The summed E-state index contributed by atoms with van der Waals surface area (Å²) in [6.07, 6.45) is 4.83. The Hall–Kier alpha value is -1.61. The van der Waals surface area contributed by atoms with Gasteiger partial charge in [-0.25, -0.2) is 0 Å². The van der Waals surface area contributed by atoms with E-state index in [0.29, 0.717) is 11.9 Å². The molecular weight excluding hydrogens is 340 g/mol. The molecule has 0 radical (unpaired) electrons. The topological polar surface area (TPSA) is 18.5 Å². The number of ether oxygens (including phenoxy) is 2. The highest BCUT2D eigenvalue weighted by Gasteiger charge is 2.24. The Labute approximate surface area is 162 Å². The van der Waals surface area contributed by atoms with Crippen LogP contribution >= 0.6 is 11.8 Å². The van der Waals surface area contributed by atoms with Crippen LogP contribution in [0.15, 0.2) is 36.4 Å². The van der Waals surface area contributed by atoms with Crippen LogP contribution in [-0.4, -0.2) is 19.0 Å². The molecule has 140 valence electrons. The van der Waals surface area contributed by atoms with Gasteiger partial charge in [0, 0.05) is 16.1 Å². The lowest BCUT2D eigenvalue weighted by Gasteiger charge is -2.28. The normalized spacial score (nSPS) is 20.0. The minimum atomic E-state index is 0.549. The highest BCUT2D eigenvalue weighted by molar-refractivity contribution is 8.00. The fourth-order valence-corrected chi connectivity index (χ4v) is 5.19. The second-order valence-electron chi connectivity index (χ2n) is 7.14. The van der Waals surface area contributed by atoms with E-state index in [1.165, 1.54) is 41.5 Å². The third-order valence-electron chi connectivity index (χ3n) is 5.14. The van der Waals surface area contributed by atoms with E-state index in [9.17, 15) is 0 Å². The van der Waals surface area contributed by atoms with Crippen molar-refractivity contribution in [3.8, 4) is 11.5 Å². The van der Waals surface area contributed by atoms with Crippen molar-refractivity contribution in [1.29, 1.82) is 0 Å². The smallest absolute Gasteiger partial charge is 0.123 e. The summed E-state index contributed by atoms with van der Waals surface area (Å²) in [7, 11) is 1.79. The summed E-state index contributed by atoms with van der Waals surface area (Å²) in [5.74, 6) is 1.99. The van der Waals surface area contributed by atoms with Crippen LogP contribution in [-0.2, 0) is 6.42 Å². The standard InChI is InChI=1S/C23H30O2S/c1-5-25-20-11-9-18(10-12-20)14-19-15-21(22(24-4)13-16(19)2)23-8-6-7-17(3)26-23/h9-13,15,17,23H,5-8,14H2,1-4H3. The number of thioether (sulfide) groups is 1. The second kappa shape index (κ2) is 8.85. The quantitative estimate of drug-likeness (QED) is 0.591. The van der Waals surface area contributed by atoms with Crippen LogP contribution in [0.1, 0.15) is 60.6 Å². The molecule has 0 amide bonds. The first-order valence-corrected chi connectivity index (χ1v) is 10.6. The lowest BCUT2D eigenvalue weighted by Crippen LogP contribution is -2.11. The van der Waals surface area contributed by atoms with E-state index in [2.05, 4.69) is 62.0 Å². The molecule has 3 rings (SSSR count). The summed E-state index contributed by atoms with van der Waals surface area (Å²) in [5.41, 5.74) is 5.38. The zero-order chi connectivity index (χ0) is 18.5. The highest BCUT2D eigenvalue weighted by atomic mass is 32.2. The van der Waals surface area contributed by atoms with Crippen LogP contribution in [0.2, 0.25) is 0 Å². The Balaban J connectivity index is 1.85. The van der Waals surface area contributed by atoms with Crippen molar-refractivity contribution >= 4 is 11.8 Å². The number of aryl methyl sites for hydroxylation is 1. The van der Waals surface area contributed by atoms with Gasteiger partial charge in [-0.05, 0) is 68.0 Å². The zero-order valence-electron chi connectivity index (χ0n) is 16.4. The van der Waals surface area contributed by atoms with Gasteiger partial charge >= 0.3 is 0 Å². The third kappa shape index (κ3) is 4.56. The van der Waals surface area contributed by atoms with Crippen molar-refractivity contribution in [2.45, 2.75) is 57.0 Å². The molecule has 0 saturated carbocycles. The number of benzene rings is 2. The SMILES string of the molecule is CCOc1ccc(Cc2cc(C3CCCC(C)S3)c(OC)cc2C)cc1. The predicted molar refractivity (Wildman–Crippen MR) is 112 cm³/mol. The molecule has 1 fully saturated rings. The lowest BCUT2D eigenvalue weighted by molar-refractivity contribution is 0.340. The Morgan fingerprint density at radius 2 is 1.88 bits per heavy atom. The van der Waals surface area contributed by atoms with E-state index >= 15 is 0 Å². The first kappa shape index (κ1) is 19.2. The maximum absolute atomic E-state index is 5.73. The van der Waals surface area contributed by atoms with E-state index in [1.54, 1.807) is 7.11 Å². The van der Waals surface area contributed by atoms with E-state index in [0.717, 1.165) is 23.2 Å². The highest BCUT2D eigenvalue weighted by Crippen LogP contribution is 2.46. The van der Waals surface area contributed by atoms with Crippen LogP contribution in [0, 0.1) is 6.92 Å². The molecule has 26 heavy (non-hydrogen) atoms. The molecule has 1 aliphatic heterocycles. The molecule has 2 nitrogen and oxygen atoms in total. The minimum absolute atomic E-state index is 0.549. The number of methoxy groups -OCH3 is 1. The van der Waals surface area contributed by atoms with Crippen LogP contribution in [0.25, 0.3) is 0 Å². The molecule has 2 aromatic carbocycles. The molecule has 1 heterocycles. The Morgan fingerprint density at radius 1 is 1.12 bits per heavy atom. The number of hydrogen-bond acceptors (Lipinski definition) is 3. The van der Waals surface area contributed by atoms with Gasteiger partial charge in [-0.1, -0.05) is 31.5 Å².